The second-order valence-corrected chi connectivity index (χ2v) is 9.06. The normalized spacial score (nSPS) is 26.2. The Bertz CT molecular complexity index is 764. The van der Waals surface area contributed by atoms with Crippen molar-refractivity contribution >= 4 is 15.7 Å². The summed E-state index contributed by atoms with van der Waals surface area (Å²) >= 11 is 0. The first-order chi connectivity index (χ1) is 11.3. The van der Waals surface area contributed by atoms with E-state index in [1.54, 1.807) is 17.3 Å². The maximum Gasteiger partial charge on any atom is 0.246 e. The van der Waals surface area contributed by atoms with E-state index in [1.807, 2.05) is 20.8 Å². The molecule has 0 radical (unpaired) electrons. The molecule has 3 rings (SSSR count). The van der Waals surface area contributed by atoms with Gasteiger partial charge in [0.1, 0.15) is 0 Å². The van der Waals surface area contributed by atoms with E-state index in [9.17, 15) is 13.2 Å². The number of hydrogen-bond donors (Lipinski definition) is 1. The minimum atomic E-state index is -3.13. The fraction of sp³-hybridized carbons (Fsp3) is 0.625. The number of piperazine rings is 1. The quantitative estimate of drug-likeness (QED) is 0.801. The zero-order valence-electron chi connectivity index (χ0n) is 14.3. The number of nitrogens with zero attached hydrogens (tertiary/aromatic N) is 3. The molecular formula is C16H24N4O3S. The van der Waals surface area contributed by atoms with Crippen LogP contribution in [0.2, 0.25) is 0 Å². The number of rotatable bonds is 3. The van der Waals surface area contributed by atoms with E-state index in [0.717, 1.165) is 17.0 Å². The lowest BCUT2D eigenvalue weighted by Gasteiger charge is -2.43. The van der Waals surface area contributed by atoms with Gasteiger partial charge in [-0.3, -0.25) is 9.69 Å². The third-order valence-corrected chi connectivity index (χ3v) is 6.47. The number of sulfone groups is 1. The number of aryl methyl sites for hydroxylation is 1. The molecule has 1 N–H and O–H groups in total. The molecule has 7 nitrogen and oxygen atoms in total. The van der Waals surface area contributed by atoms with Crippen molar-refractivity contribution in [2.45, 2.75) is 39.4 Å². The maximum absolute atomic E-state index is 12.5. The molecule has 132 valence electrons. The fourth-order valence-electron chi connectivity index (χ4n) is 3.56. The highest BCUT2D eigenvalue weighted by molar-refractivity contribution is 7.91. The predicted molar refractivity (Wildman–Crippen MR) is 91.1 cm³/mol. The molecule has 3 heterocycles. The summed E-state index contributed by atoms with van der Waals surface area (Å²) in [7, 11) is -3.13. The first-order valence-electron chi connectivity index (χ1n) is 8.15. The molecule has 0 aromatic carbocycles. The second kappa shape index (κ2) is 6.33. The third-order valence-electron chi connectivity index (χ3n) is 4.77. The number of nitrogens with one attached hydrogen (secondary N) is 1. The molecule has 0 aliphatic carbocycles. The molecule has 2 fully saturated rings. The van der Waals surface area contributed by atoms with Gasteiger partial charge in [0.25, 0.3) is 0 Å². The van der Waals surface area contributed by atoms with Crippen molar-refractivity contribution in [1.29, 1.82) is 0 Å². The number of aromatic amines is 1. The maximum atomic E-state index is 12.5. The Kier molecular flexibility index (Phi) is 4.52. The highest BCUT2D eigenvalue weighted by Gasteiger charge is 2.47. The monoisotopic (exact) mass is 352 g/mol. The van der Waals surface area contributed by atoms with Crippen molar-refractivity contribution in [3.8, 4) is 0 Å². The number of carbonyl (C=O) groups excluding carboxylic acids is 1. The molecule has 2 saturated heterocycles. The SMILES string of the molecule is CC(C)=CC(=O)N1CCN(Cc2nc[nH]c2C)[C@@H]2CS(=O)(=O)C[C@@H]21. The lowest BCUT2D eigenvalue weighted by atomic mass is 10.0. The highest BCUT2D eigenvalue weighted by atomic mass is 32.2. The topological polar surface area (TPSA) is 86.4 Å². The molecule has 0 unspecified atom stereocenters. The number of hydrogen-bond acceptors (Lipinski definition) is 5. The van der Waals surface area contributed by atoms with Gasteiger partial charge in [-0.1, -0.05) is 5.57 Å². The first-order valence-corrected chi connectivity index (χ1v) is 9.98. The number of allylic oxidation sites excluding steroid dienone is 1. The van der Waals surface area contributed by atoms with Crippen LogP contribution in [0.4, 0.5) is 0 Å². The average Bonchev–Trinajstić information content (AvgIpc) is 3.00. The Hall–Kier alpha value is -1.67. The summed E-state index contributed by atoms with van der Waals surface area (Å²) in [6, 6.07) is -0.430. The van der Waals surface area contributed by atoms with Crippen LogP contribution in [0.5, 0.6) is 0 Å². The van der Waals surface area contributed by atoms with Gasteiger partial charge < -0.3 is 9.88 Å². The first kappa shape index (κ1) is 17.2. The zero-order valence-corrected chi connectivity index (χ0v) is 15.1. The van der Waals surface area contributed by atoms with Crippen molar-refractivity contribution in [2.24, 2.45) is 0 Å². The molecule has 2 atom stereocenters. The van der Waals surface area contributed by atoms with Gasteiger partial charge in [0.15, 0.2) is 9.84 Å². The van der Waals surface area contributed by atoms with Crippen LogP contribution in [0.3, 0.4) is 0 Å². The van der Waals surface area contributed by atoms with Crippen molar-refractivity contribution in [1.82, 2.24) is 19.8 Å². The van der Waals surface area contributed by atoms with Crippen molar-refractivity contribution in [2.75, 3.05) is 24.6 Å². The largest absolute Gasteiger partial charge is 0.348 e. The van der Waals surface area contributed by atoms with Gasteiger partial charge in [-0.2, -0.15) is 0 Å². The Labute approximate surface area is 142 Å². The van der Waals surface area contributed by atoms with Crippen LogP contribution in [-0.4, -0.2) is 70.8 Å². The van der Waals surface area contributed by atoms with Gasteiger partial charge >= 0.3 is 0 Å². The van der Waals surface area contributed by atoms with Gasteiger partial charge in [0.2, 0.25) is 5.91 Å². The number of aromatic nitrogens is 2. The molecule has 0 saturated carbocycles. The molecule has 0 bridgehead atoms. The van der Waals surface area contributed by atoms with E-state index in [4.69, 9.17) is 0 Å². The van der Waals surface area contributed by atoms with Gasteiger partial charge in [0.05, 0.1) is 29.6 Å². The van der Waals surface area contributed by atoms with Crippen LogP contribution in [0.15, 0.2) is 18.0 Å². The van der Waals surface area contributed by atoms with Crippen LogP contribution in [0, 0.1) is 6.92 Å². The Morgan fingerprint density at radius 1 is 1.33 bits per heavy atom. The van der Waals surface area contributed by atoms with Crippen molar-refractivity contribution in [3.63, 3.8) is 0 Å². The summed E-state index contributed by atoms with van der Waals surface area (Å²) in [6.07, 6.45) is 3.25. The summed E-state index contributed by atoms with van der Waals surface area (Å²) in [5.41, 5.74) is 2.85. The Morgan fingerprint density at radius 2 is 2.04 bits per heavy atom. The lowest BCUT2D eigenvalue weighted by molar-refractivity contribution is -0.131. The number of fused-ring (bicyclic) bond motifs is 1. The molecule has 1 aromatic heterocycles. The summed E-state index contributed by atoms with van der Waals surface area (Å²) in [5.74, 6) is 0.0770. The lowest BCUT2D eigenvalue weighted by Crippen LogP contribution is -2.60. The van der Waals surface area contributed by atoms with E-state index in [-0.39, 0.29) is 29.5 Å². The molecular weight excluding hydrogens is 328 g/mol. The smallest absolute Gasteiger partial charge is 0.246 e. The van der Waals surface area contributed by atoms with Crippen LogP contribution in [0.1, 0.15) is 25.2 Å². The van der Waals surface area contributed by atoms with Crippen LogP contribution < -0.4 is 0 Å². The number of imidazole rings is 1. The zero-order chi connectivity index (χ0) is 17.5. The third kappa shape index (κ3) is 3.39. The minimum Gasteiger partial charge on any atom is -0.348 e. The van der Waals surface area contributed by atoms with Crippen molar-refractivity contribution < 1.29 is 13.2 Å². The van der Waals surface area contributed by atoms with Gasteiger partial charge in [-0.25, -0.2) is 13.4 Å². The fourth-order valence-corrected chi connectivity index (χ4v) is 5.58. The second-order valence-electron chi connectivity index (χ2n) is 6.91. The molecule has 0 spiro atoms. The van der Waals surface area contributed by atoms with Crippen LogP contribution in [0.25, 0.3) is 0 Å². The number of carbonyl (C=O) groups is 1. The summed E-state index contributed by atoms with van der Waals surface area (Å²) < 4.78 is 24.4. The molecule has 1 aromatic rings. The van der Waals surface area contributed by atoms with Crippen molar-refractivity contribution in [3.05, 3.63) is 29.4 Å². The summed E-state index contributed by atoms with van der Waals surface area (Å²) in [5, 5.41) is 0. The van der Waals surface area contributed by atoms with Gasteiger partial charge in [0, 0.05) is 37.4 Å². The van der Waals surface area contributed by atoms with Crippen LogP contribution >= 0.6 is 0 Å². The standard InChI is InChI=1S/C16H24N4O3S/c1-11(2)6-16(21)20-5-4-19(7-13-12(3)17-10-18-13)14-8-24(22,23)9-15(14)20/h6,10,14-15H,4-5,7-9H2,1-3H3,(H,17,18)/t14-,15+/m1/s1. The molecule has 2 aliphatic rings. The van der Waals surface area contributed by atoms with E-state index >= 15 is 0 Å². The highest BCUT2D eigenvalue weighted by Crippen LogP contribution is 2.28. The average molecular weight is 352 g/mol. The van der Waals surface area contributed by atoms with E-state index in [2.05, 4.69) is 14.9 Å². The van der Waals surface area contributed by atoms with Gasteiger partial charge in [-0.05, 0) is 20.8 Å². The number of amides is 1. The molecule has 8 heteroatoms. The predicted octanol–water partition coefficient (Wildman–Crippen LogP) is 0.494. The van der Waals surface area contributed by atoms with E-state index < -0.39 is 9.84 Å². The summed E-state index contributed by atoms with van der Waals surface area (Å²) in [4.78, 5) is 23.7. The molecule has 2 aliphatic heterocycles. The minimum absolute atomic E-state index is 0.0516. The molecule has 1 amide bonds. The Balaban J connectivity index is 1.84. The number of H-pyrrole nitrogens is 1. The van der Waals surface area contributed by atoms with Crippen LogP contribution in [-0.2, 0) is 21.2 Å². The van der Waals surface area contributed by atoms with Gasteiger partial charge in [-0.15, -0.1) is 0 Å². The Morgan fingerprint density at radius 3 is 2.67 bits per heavy atom. The van der Waals surface area contributed by atoms with E-state index in [0.29, 0.717) is 19.6 Å². The molecule has 24 heavy (non-hydrogen) atoms. The summed E-state index contributed by atoms with van der Waals surface area (Å²) in [6.45, 7) is 7.51. The van der Waals surface area contributed by atoms with E-state index in [1.165, 1.54) is 0 Å².